The van der Waals surface area contributed by atoms with Crippen LogP contribution in [0.3, 0.4) is 0 Å². The largest absolute Gasteiger partial charge is 0.357 e. The smallest absolute Gasteiger partial charge is 0.191 e. The Hall–Kier alpha value is -0.530. The summed E-state index contributed by atoms with van der Waals surface area (Å²) in [6.07, 6.45) is 4.79. The molecule has 0 unspecified atom stereocenters. The summed E-state index contributed by atoms with van der Waals surface area (Å²) in [6.45, 7) is 7.24. The second-order valence-electron chi connectivity index (χ2n) is 6.60. The summed E-state index contributed by atoms with van der Waals surface area (Å²) in [7, 11) is 2.21. The molecule has 1 aromatic carbocycles. The van der Waals surface area contributed by atoms with E-state index in [9.17, 15) is 0 Å². The van der Waals surface area contributed by atoms with Crippen molar-refractivity contribution < 1.29 is 0 Å². The highest BCUT2D eigenvalue weighted by Crippen LogP contribution is 2.19. The van der Waals surface area contributed by atoms with Gasteiger partial charge in [-0.15, -0.1) is 24.0 Å². The van der Waals surface area contributed by atoms with Gasteiger partial charge in [-0.2, -0.15) is 0 Å². The van der Waals surface area contributed by atoms with Crippen LogP contribution >= 0.6 is 35.6 Å². The highest BCUT2D eigenvalue weighted by atomic mass is 127. The van der Waals surface area contributed by atoms with Gasteiger partial charge in [-0.3, -0.25) is 4.99 Å². The van der Waals surface area contributed by atoms with Gasteiger partial charge in [0.25, 0.3) is 0 Å². The molecule has 0 aliphatic carbocycles. The summed E-state index contributed by atoms with van der Waals surface area (Å²) in [5.74, 6) is 1.77. The lowest BCUT2D eigenvalue weighted by Crippen LogP contribution is -2.38. The van der Waals surface area contributed by atoms with Crippen molar-refractivity contribution in [3.8, 4) is 0 Å². The average Bonchev–Trinajstić information content (AvgIpc) is 2.58. The number of rotatable bonds is 7. The minimum absolute atomic E-state index is 0. The van der Waals surface area contributed by atoms with Gasteiger partial charge in [-0.05, 0) is 76.4 Å². The third-order valence-corrected chi connectivity index (χ3v) is 4.86. The SMILES string of the molecule is CCNC(=NCCC1CCN(C)CC1)NCCc1ccc(Cl)cc1.I. The third kappa shape index (κ3) is 9.11. The Labute approximate surface area is 174 Å². The van der Waals surface area contributed by atoms with Gasteiger partial charge >= 0.3 is 0 Å². The maximum absolute atomic E-state index is 5.92. The summed E-state index contributed by atoms with van der Waals surface area (Å²) in [4.78, 5) is 7.15. The second kappa shape index (κ2) is 12.8. The molecule has 1 aliphatic heterocycles. The molecular weight excluding hydrogens is 447 g/mol. The molecule has 1 saturated heterocycles. The van der Waals surface area contributed by atoms with Gasteiger partial charge in [0.1, 0.15) is 0 Å². The lowest BCUT2D eigenvalue weighted by molar-refractivity contribution is 0.214. The van der Waals surface area contributed by atoms with E-state index in [1.807, 2.05) is 12.1 Å². The molecule has 0 atom stereocenters. The lowest BCUT2D eigenvalue weighted by atomic mass is 9.94. The molecule has 6 heteroatoms. The molecule has 25 heavy (non-hydrogen) atoms. The number of piperidine rings is 1. The molecule has 1 fully saturated rings. The predicted molar refractivity (Wildman–Crippen MR) is 119 cm³/mol. The molecule has 1 heterocycles. The van der Waals surface area contributed by atoms with E-state index in [0.717, 1.165) is 43.0 Å². The number of aliphatic imine (C=N–C) groups is 1. The number of likely N-dealkylation sites (tertiary alicyclic amines) is 1. The summed E-state index contributed by atoms with van der Waals surface area (Å²) in [6, 6.07) is 8.04. The molecule has 4 nitrogen and oxygen atoms in total. The number of hydrogen-bond donors (Lipinski definition) is 2. The Morgan fingerprint density at radius 2 is 1.88 bits per heavy atom. The fourth-order valence-corrected chi connectivity index (χ4v) is 3.15. The standard InChI is InChI=1S/C19H31ClN4.HI/c1-3-21-19(22-12-8-16-4-6-18(20)7-5-16)23-13-9-17-10-14-24(2)15-11-17;/h4-7,17H,3,8-15H2,1-2H3,(H2,21,22,23);1H. The average molecular weight is 479 g/mol. The summed E-state index contributed by atoms with van der Waals surface area (Å²) in [5.41, 5.74) is 1.29. The Kier molecular flexibility index (Phi) is 11.5. The number of hydrogen-bond acceptors (Lipinski definition) is 2. The number of nitrogens with one attached hydrogen (secondary N) is 2. The van der Waals surface area contributed by atoms with Crippen molar-refractivity contribution in [3.05, 3.63) is 34.9 Å². The topological polar surface area (TPSA) is 39.7 Å². The van der Waals surface area contributed by atoms with E-state index < -0.39 is 0 Å². The van der Waals surface area contributed by atoms with Crippen LogP contribution in [0, 0.1) is 5.92 Å². The van der Waals surface area contributed by atoms with Crippen molar-refractivity contribution in [2.24, 2.45) is 10.9 Å². The van der Waals surface area contributed by atoms with Gasteiger partial charge < -0.3 is 15.5 Å². The molecule has 0 bridgehead atoms. The number of halogens is 2. The second-order valence-corrected chi connectivity index (χ2v) is 7.04. The van der Waals surface area contributed by atoms with Gasteiger partial charge in [0.15, 0.2) is 5.96 Å². The first-order valence-electron chi connectivity index (χ1n) is 9.12. The van der Waals surface area contributed by atoms with E-state index in [4.69, 9.17) is 16.6 Å². The molecule has 2 rings (SSSR count). The molecule has 0 amide bonds. The van der Waals surface area contributed by atoms with Crippen molar-refractivity contribution >= 4 is 41.5 Å². The van der Waals surface area contributed by atoms with Crippen LogP contribution in [0.2, 0.25) is 5.02 Å². The van der Waals surface area contributed by atoms with Crippen LogP contribution in [0.4, 0.5) is 0 Å². The summed E-state index contributed by atoms with van der Waals surface area (Å²) < 4.78 is 0. The van der Waals surface area contributed by atoms with Crippen LogP contribution in [0.5, 0.6) is 0 Å². The van der Waals surface area contributed by atoms with Crippen LogP contribution in [-0.4, -0.2) is 50.6 Å². The van der Waals surface area contributed by atoms with E-state index in [2.05, 4.69) is 41.6 Å². The van der Waals surface area contributed by atoms with Crippen molar-refractivity contribution in [2.45, 2.75) is 32.6 Å². The van der Waals surface area contributed by atoms with E-state index >= 15 is 0 Å². The fraction of sp³-hybridized carbons (Fsp3) is 0.632. The predicted octanol–water partition coefficient (Wildman–Crippen LogP) is 3.79. The zero-order valence-electron chi connectivity index (χ0n) is 15.4. The minimum Gasteiger partial charge on any atom is -0.357 e. The maximum atomic E-state index is 5.92. The molecule has 0 saturated carbocycles. The van der Waals surface area contributed by atoms with Gasteiger partial charge in [-0.1, -0.05) is 23.7 Å². The Bertz CT molecular complexity index is 499. The number of guanidine groups is 1. The first-order chi connectivity index (χ1) is 11.7. The molecule has 0 spiro atoms. The zero-order chi connectivity index (χ0) is 17.2. The molecule has 0 aromatic heterocycles. The Morgan fingerprint density at radius 3 is 2.52 bits per heavy atom. The van der Waals surface area contributed by atoms with Gasteiger partial charge in [0.2, 0.25) is 0 Å². The van der Waals surface area contributed by atoms with Crippen LogP contribution in [-0.2, 0) is 6.42 Å². The van der Waals surface area contributed by atoms with Gasteiger partial charge in [0, 0.05) is 24.7 Å². The van der Waals surface area contributed by atoms with Crippen molar-refractivity contribution in [3.63, 3.8) is 0 Å². The van der Waals surface area contributed by atoms with Gasteiger partial charge in [-0.25, -0.2) is 0 Å². The van der Waals surface area contributed by atoms with Crippen LogP contribution in [0.15, 0.2) is 29.3 Å². The Balaban J connectivity index is 0.00000312. The van der Waals surface area contributed by atoms with Crippen LogP contribution in [0.1, 0.15) is 31.7 Å². The molecule has 0 radical (unpaired) electrons. The molecule has 1 aliphatic rings. The van der Waals surface area contributed by atoms with Crippen molar-refractivity contribution in [1.29, 1.82) is 0 Å². The fourth-order valence-electron chi connectivity index (χ4n) is 3.03. The van der Waals surface area contributed by atoms with E-state index in [1.165, 1.54) is 37.9 Å². The maximum Gasteiger partial charge on any atom is 0.191 e. The number of benzene rings is 1. The van der Waals surface area contributed by atoms with Crippen LogP contribution < -0.4 is 10.6 Å². The normalized spacial score (nSPS) is 16.4. The zero-order valence-corrected chi connectivity index (χ0v) is 18.5. The highest BCUT2D eigenvalue weighted by Gasteiger charge is 2.15. The third-order valence-electron chi connectivity index (χ3n) is 4.61. The lowest BCUT2D eigenvalue weighted by Gasteiger charge is -2.28. The first kappa shape index (κ1) is 22.5. The quantitative estimate of drug-likeness (QED) is 0.356. The van der Waals surface area contributed by atoms with Crippen LogP contribution in [0.25, 0.3) is 0 Å². The molecule has 142 valence electrons. The van der Waals surface area contributed by atoms with Crippen molar-refractivity contribution in [1.82, 2.24) is 15.5 Å². The molecular formula is C19H32ClIN4. The van der Waals surface area contributed by atoms with Gasteiger partial charge in [0.05, 0.1) is 0 Å². The molecule has 1 aromatic rings. The Morgan fingerprint density at radius 1 is 1.20 bits per heavy atom. The highest BCUT2D eigenvalue weighted by molar-refractivity contribution is 14.0. The number of nitrogens with zero attached hydrogens (tertiary/aromatic N) is 2. The van der Waals surface area contributed by atoms with Crippen molar-refractivity contribution in [2.75, 3.05) is 39.8 Å². The van der Waals surface area contributed by atoms with E-state index in [-0.39, 0.29) is 24.0 Å². The first-order valence-corrected chi connectivity index (χ1v) is 9.50. The molecule has 2 N–H and O–H groups in total. The monoisotopic (exact) mass is 478 g/mol. The van der Waals surface area contributed by atoms with E-state index in [1.54, 1.807) is 0 Å². The summed E-state index contributed by atoms with van der Waals surface area (Å²) >= 11 is 5.92. The minimum atomic E-state index is 0. The summed E-state index contributed by atoms with van der Waals surface area (Å²) in [5, 5.41) is 7.55. The van der Waals surface area contributed by atoms with E-state index in [0.29, 0.717) is 0 Å².